The van der Waals surface area contributed by atoms with Crippen LogP contribution >= 0.6 is 0 Å². The summed E-state index contributed by atoms with van der Waals surface area (Å²) in [6.07, 6.45) is 3.50. The smallest absolute Gasteiger partial charge is 0.276 e. The number of hydrogen-bond acceptors (Lipinski definition) is 4. The van der Waals surface area contributed by atoms with E-state index in [-0.39, 0.29) is 18.6 Å². The number of likely N-dealkylation sites (tertiary alicyclic amines) is 1. The zero-order chi connectivity index (χ0) is 13.1. The maximum Gasteiger partial charge on any atom is 0.276 e. The van der Waals surface area contributed by atoms with Gasteiger partial charge in [0.15, 0.2) is 5.69 Å². The van der Waals surface area contributed by atoms with E-state index in [2.05, 4.69) is 10.2 Å². The zero-order valence-electron chi connectivity index (χ0n) is 10.6. The third-order valence-corrected chi connectivity index (χ3v) is 3.43. The summed E-state index contributed by atoms with van der Waals surface area (Å²) in [7, 11) is 0. The first-order valence-corrected chi connectivity index (χ1v) is 6.43. The number of carbonyl (C=O) groups is 1. The number of aliphatic hydroxyl groups is 1. The summed E-state index contributed by atoms with van der Waals surface area (Å²) in [6, 6.07) is -0.0942. The molecule has 1 aliphatic heterocycles. The molecule has 1 saturated heterocycles. The Bertz CT molecular complexity index is 430. The molecule has 0 aromatic carbocycles. The Balaban J connectivity index is 2.18. The minimum Gasteiger partial charge on any atom is -0.395 e. The van der Waals surface area contributed by atoms with Crippen LogP contribution in [0, 0.1) is 0 Å². The summed E-state index contributed by atoms with van der Waals surface area (Å²) in [5.41, 5.74) is 7.50. The van der Waals surface area contributed by atoms with Crippen molar-refractivity contribution in [1.82, 2.24) is 15.1 Å². The van der Waals surface area contributed by atoms with Gasteiger partial charge in [-0.3, -0.25) is 9.89 Å². The normalized spacial score (nSPS) is 19.4. The number of H-pyrrole nitrogens is 1. The van der Waals surface area contributed by atoms with Gasteiger partial charge in [-0.25, -0.2) is 0 Å². The molecule has 0 bridgehead atoms. The lowest BCUT2D eigenvalue weighted by atomic mass is 10.2. The number of aromatic nitrogens is 2. The topological polar surface area (TPSA) is 95.2 Å². The van der Waals surface area contributed by atoms with Gasteiger partial charge in [-0.15, -0.1) is 0 Å². The molecule has 0 spiro atoms. The zero-order valence-corrected chi connectivity index (χ0v) is 10.6. The molecule has 0 saturated carbocycles. The number of aryl methyl sites for hydroxylation is 1. The van der Waals surface area contributed by atoms with Crippen LogP contribution in [0.25, 0.3) is 0 Å². The predicted octanol–water partition coefficient (Wildman–Crippen LogP) is 0.541. The summed E-state index contributed by atoms with van der Waals surface area (Å²) in [6.45, 7) is 2.71. The van der Waals surface area contributed by atoms with Gasteiger partial charge in [-0.1, -0.05) is 13.3 Å². The average molecular weight is 252 g/mol. The molecule has 6 nitrogen and oxygen atoms in total. The van der Waals surface area contributed by atoms with Crippen LogP contribution in [0.1, 0.15) is 42.4 Å². The molecule has 2 heterocycles. The van der Waals surface area contributed by atoms with E-state index in [0.29, 0.717) is 17.9 Å². The van der Waals surface area contributed by atoms with Gasteiger partial charge in [0.05, 0.1) is 24.0 Å². The lowest BCUT2D eigenvalue weighted by molar-refractivity contribution is 0.0673. The van der Waals surface area contributed by atoms with Gasteiger partial charge in [0.25, 0.3) is 5.91 Å². The number of rotatable bonds is 4. The summed E-state index contributed by atoms with van der Waals surface area (Å²) in [4.78, 5) is 14.0. The van der Waals surface area contributed by atoms with Gasteiger partial charge < -0.3 is 15.7 Å². The molecule has 1 aromatic heterocycles. The first-order chi connectivity index (χ1) is 8.69. The second-order valence-electron chi connectivity index (χ2n) is 4.69. The van der Waals surface area contributed by atoms with E-state index in [1.165, 1.54) is 0 Å². The van der Waals surface area contributed by atoms with E-state index in [1.54, 1.807) is 4.90 Å². The second kappa shape index (κ2) is 5.39. The quantitative estimate of drug-likeness (QED) is 0.729. The second-order valence-corrected chi connectivity index (χ2v) is 4.69. The molecule has 1 atom stereocenters. The third kappa shape index (κ3) is 2.20. The van der Waals surface area contributed by atoms with E-state index >= 15 is 0 Å². The number of nitrogens with one attached hydrogen (secondary N) is 1. The standard InChI is InChI=1S/C12H20N4O2/c1-2-4-9-10(13)11(15-14-9)12(18)16-6-3-5-8(16)7-17/h8,17H,2-7,13H2,1H3,(H,14,15)/t8-/m0/s1. The van der Waals surface area contributed by atoms with Gasteiger partial charge >= 0.3 is 0 Å². The van der Waals surface area contributed by atoms with E-state index in [4.69, 9.17) is 5.73 Å². The van der Waals surface area contributed by atoms with Crippen LogP contribution < -0.4 is 5.73 Å². The maximum atomic E-state index is 12.3. The highest BCUT2D eigenvalue weighted by molar-refractivity contribution is 5.98. The van der Waals surface area contributed by atoms with Crippen molar-refractivity contribution in [3.05, 3.63) is 11.4 Å². The molecule has 0 unspecified atom stereocenters. The van der Waals surface area contributed by atoms with Crippen LogP contribution in [-0.4, -0.2) is 45.3 Å². The highest BCUT2D eigenvalue weighted by atomic mass is 16.3. The van der Waals surface area contributed by atoms with Crippen LogP contribution in [0.5, 0.6) is 0 Å². The Morgan fingerprint density at radius 3 is 3.11 bits per heavy atom. The largest absolute Gasteiger partial charge is 0.395 e. The molecule has 0 aliphatic carbocycles. The van der Waals surface area contributed by atoms with Gasteiger partial charge in [0.2, 0.25) is 0 Å². The van der Waals surface area contributed by atoms with Crippen LogP contribution in [0.15, 0.2) is 0 Å². The highest BCUT2D eigenvalue weighted by Gasteiger charge is 2.31. The monoisotopic (exact) mass is 252 g/mol. The van der Waals surface area contributed by atoms with Crippen molar-refractivity contribution in [1.29, 1.82) is 0 Å². The fourth-order valence-electron chi connectivity index (χ4n) is 2.42. The molecule has 1 amide bonds. The number of aliphatic hydroxyl groups excluding tert-OH is 1. The number of aromatic amines is 1. The molecular formula is C12H20N4O2. The van der Waals surface area contributed by atoms with Crippen molar-refractivity contribution >= 4 is 11.6 Å². The molecule has 100 valence electrons. The van der Waals surface area contributed by atoms with Crippen molar-refractivity contribution in [2.24, 2.45) is 0 Å². The van der Waals surface area contributed by atoms with Crippen molar-refractivity contribution in [3.8, 4) is 0 Å². The van der Waals surface area contributed by atoms with E-state index in [0.717, 1.165) is 31.4 Å². The molecule has 2 rings (SSSR count). The molecular weight excluding hydrogens is 232 g/mol. The number of nitrogens with zero attached hydrogens (tertiary/aromatic N) is 2. The number of nitrogen functional groups attached to an aromatic ring is 1. The SMILES string of the molecule is CCCc1[nH]nc(C(=O)N2CCC[C@H]2CO)c1N. The molecule has 1 fully saturated rings. The Kier molecular flexibility index (Phi) is 3.86. The van der Waals surface area contributed by atoms with Crippen LogP contribution in [0.4, 0.5) is 5.69 Å². The van der Waals surface area contributed by atoms with E-state index in [1.807, 2.05) is 6.92 Å². The summed E-state index contributed by atoms with van der Waals surface area (Å²) < 4.78 is 0. The number of amides is 1. The molecule has 4 N–H and O–H groups in total. The van der Waals surface area contributed by atoms with Gasteiger partial charge in [0.1, 0.15) is 0 Å². The average Bonchev–Trinajstić information content (AvgIpc) is 2.97. The maximum absolute atomic E-state index is 12.3. The molecule has 0 radical (unpaired) electrons. The predicted molar refractivity (Wildman–Crippen MR) is 68.1 cm³/mol. The van der Waals surface area contributed by atoms with Crippen LogP contribution in [-0.2, 0) is 6.42 Å². The number of anilines is 1. The lowest BCUT2D eigenvalue weighted by Crippen LogP contribution is -2.38. The van der Waals surface area contributed by atoms with Gasteiger partial charge in [0, 0.05) is 6.54 Å². The molecule has 1 aromatic rings. The van der Waals surface area contributed by atoms with Crippen molar-refractivity contribution in [3.63, 3.8) is 0 Å². The summed E-state index contributed by atoms with van der Waals surface area (Å²) in [5.74, 6) is -0.178. The molecule has 6 heteroatoms. The number of hydrogen-bond donors (Lipinski definition) is 3. The number of nitrogens with two attached hydrogens (primary N) is 1. The Hall–Kier alpha value is -1.56. The highest BCUT2D eigenvalue weighted by Crippen LogP contribution is 2.23. The van der Waals surface area contributed by atoms with Crippen LogP contribution in [0.3, 0.4) is 0 Å². The van der Waals surface area contributed by atoms with Crippen molar-refractivity contribution in [2.75, 3.05) is 18.9 Å². The minimum absolute atomic E-state index is 0.00210. The van der Waals surface area contributed by atoms with Gasteiger partial charge in [-0.05, 0) is 19.3 Å². The number of carbonyl (C=O) groups excluding carboxylic acids is 1. The van der Waals surface area contributed by atoms with E-state index in [9.17, 15) is 9.90 Å². The molecule has 1 aliphatic rings. The van der Waals surface area contributed by atoms with Crippen LogP contribution in [0.2, 0.25) is 0 Å². The van der Waals surface area contributed by atoms with Crippen molar-refractivity contribution in [2.45, 2.75) is 38.6 Å². The lowest BCUT2D eigenvalue weighted by Gasteiger charge is -2.22. The Labute approximate surface area is 106 Å². The Morgan fingerprint density at radius 1 is 1.67 bits per heavy atom. The third-order valence-electron chi connectivity index (χ3n) is 3.43. The first-order valence-electron chi connectivity index (χ1n) is 6.43. The first kappa shape index (κ1) is 12.9. The minimum atomic E-state index is -0.178. The fraction of sp³-hybridized carbons (Fsp3) is 0.667. The Morgan fingerprint density at radius 2 is 2.44 bits per heavy atom. The van der Waals surface area contributed by atoms with E-state index < -0.39 is 0 Å². The molecule has 18 heavy (non-hydrogen) atoms. The summed E-state index contributed by atoms with van der Waals surface area (Å²) >= 11 is 0. The fourth-order valence-corrected chi connectivity index (χ4v) is 2.42. The van der Waals surface area contributed by atoms with Crippen molar-refractivity contribution < 1.29 is 9.90 Å². The van der Waals surface area contributed by atoms with Gasteiger partial charge in [-0.2, -0.15) is 5.10 Å². The summed E-state index contributed by atoms with van der Waals surface area (Å²) in [5, 5.41) is 16.1.